The van der Waals surface area contributed by atoms with E-state index in [2.05, 4.69) is 414 Å². The molecule has 0 aromatic heterocycles. The van der Waals surface area contributed by atoms with E-state index in [1.165, 1.54) is 83.5 Å². The average Bonchev–Trinajstić information content (AvgIpc) is 1.10. The average molecular weight is 1230 g/mol. The van der Waals surface area contributed by atoms with Crippen molar-refractivity contribution < 1.29 is 0 Å². The maximum Gasteiger partial charge on any atom is 0.0462 e. The van der Waals surface area contributed by atoms with Gasteiger partial charge >= 0.3 is 0 Å². The lowest BCUT2D eigenvalue weighted by Gasteiger charge is -2.26. The molecule has 0 aliphatic rings. The van der Waals surface area contributed by atoms with E-state index in [1.54, 1.807) is 0 Å². The Labute approximate surface area is 562 Å². The first-order valence-electron chi connectivity index (χ1n) is 32.8. The molecule has 0 fully saturated rings. The Balaban J connectivity index is 0.000000172. The second-order valence-corrected chi connectivity index (χ2v) is 24.9. The fraction of sp³-hybridized carbons (Fsp3) is 0.0769. The van der Waals surface area contributed by atoms with Crippen LogP contribution in [0.2, 0.25) is 0 Å². The van der Waals surface area contributed by atoms with Gasteiger partial charge in [0.1, 0.15) is 0 Å². The Hall–Kier alpha value is -11.7. The molecule has 4 nitrogen and oxygen atoms in total. The minimum absolute atomic E-state index is 1.13. The van der Waals surface area contributed by atoms with Gasteiger partial charge in [-0.05, 0) is 239 Å². The number of para-hydroxylation sites is 1. The zero-order valence-corrected chi connectivity index (χ0v) is 55.2. The van der Waals surface area contributed by atoms with Crippen molar-refractivity contribution in [3.63, 3.8) is 0 Å². The van der Waals surface area contributed by atoms with Crippen LogP contribution in [-0.2, 0) is 0 Å². The highest BCUT2D eigenvalue weighted by Gasteiger charge is 2.18. The highest BCUT2D eigenvalue weighted by Crippen LogP contribution is 2.41. The molecule has 0 bridgehead atoms. The molecular formula is C91H78N4. The van der Waals surface area contributed by atoms with Gasteiger partial charge in [0.15, 0.2) is 0 Å². The van der Waals surface area contributed by atoms with E-state index in [-0.39, 0.29) is 0 Å². The quantitative estimate of drug-likeness (QED) is 0.0956. The molecule has 0 spiro atoms. The number of hydrogen-bond donors (Lipinski definition) is 0. The molecule has 0 saturated heterocycles. The highest BCUT2D eigenvalue weighted by atomic mass is 15.2. The number of aryl methyl sites for hydroxylation is 7. The molecule has 14 rings (SSSR count). The summed E-state index contributed by atoms with van der Waals surface area (Å²) in [6, 6.07) is 125. The number of anilines is 12. The molecule has 95 heavy (non-hydrogen) atoms. The van der Waals surface area contributed by atoms with Crippen molar-refractivity contribution in [2.45, 2.75) is 48.5 Å². The van der Waals surface area contributed by atoms with Crippen molar-refractivity contribution in [2.75, 3.05) is 19.6 Å². The number of rotatable bonds is 16. The van der Waals surface area contributed by atoms with Gasteiger partial charge in [-0.1, -0.05) is 239 Å². The Morgan fingerprint density at radius 1 is 0.116 bits per heavy atom. The van der Waals surface area contributed by atoms with E-state index >= 15 is 0 Å². The van der Waals surface area contributed by atoms with Crippen LogP contribution in [0.4, 0.5) is 68.2 Å². The first-order valence-corrected chi connectivity index (χ1v) is 32.8. The zero-order chi connectivity index (χ0) is 65.2. The van der Waals surface area contributed by atoms with Gasteiger partial charge in [0.05, 0.1) is 0 Å². The predicted octanol–water partition coefficient (Wildman–Crippen LogP) is 26.1. The van der Waals surface area contributed by atoms with Gasteiger partial charge < -0.3 is 19.6 Å². The summed E-state index contributed by atoms with van der Waals surface area (Å²) >= 11 is 0. The number of benzene rings is 14. The molecule has 0 saturated carbocycles. The second-order valence-electron chi connectivity index (χ2n) is 24.9. The van der Waals surface area contributed by atoms with Crippen LogP contribution in [0.15, 0.2) is 346 Å². The van der Waals surface area contributed by atoms with Crippen molar-refractivity contribution in [2.24, 2.45) is 0 Å². The van der Waals surface area contributed by atoms with Crippen LogP contribution in [0.5, 0.6) is 0 Å². The Bertz CT molecular complexity index is 4470. The van der Waals surface area contributed by atoms with Gasteiger partial charge in [0, 0.05) is 68.2 Å². The second kappa shape index (κ2) is 28.4. The van der Waals surface area contributed by atoms with Crippen LogP contribution < -0.4 is 19.6 Å². The van der Waals surface area contributed by atoms with Crippen LogP contribution in [0, 0.1) is 48.5 Å². The summed E-state index contributed by atoms with van der Waals surface area (Å²) in [6.45, 7) is 14.9. The maximum atomic E-state index is 2.31. The summed E-state index contributed by atoms with van der Waals surface area (Å²) in [6.07, 6.45) is 0. The van der Waals surface area contributed by atoms with Gasteiger partial charge in [0.2, 0.25) is 0 Å². The van der Waals surface area contributed by atoms with Crippen LogP contribution in [0.3, 0.4) is 0 Å². The van der Waals surface area contributed by atoms with Gasteiger partial charge in [-0.3, -0.25) is 0 Å². The summed E-state index contributed by atoms with van der Waals surface area (Å²) in [4.78, 5) is 9.24. The summed E-state index contributed by atoms with van der Waals surface area (Å²) in [5.41, 5.74) is 32.0. The lowest BCUT2D eigenvalue weighted by atomic mass is 9.99. The molecule has 4 heteroatoms. The fourth-order valence-corrected chi connectivity index (χ4v) is 12.1. The topological polar surface area (TPSA) is 13.0 Å². The summed E-state index contributed by atoms with van der Waals surface area (Å²) in [5.74, 6) is 0. The molecule has 0 heterocycles. The molecule has 462 valence electrons. The smallest absolute Gasteiger partial charge is 0.0462 e. The van der Waals surface area contributed by atoms with Gasteiger partial charge in [-0.2, -0.15) is 0 Å². The third-order valence-corrected chi connectivity index (χ3v) is 17.7. The lowest BCUT2D eigenvalue weighted by Crippen LogP contribution is -2.09. The van der Waals surface area contributed by atoms with E-state index < -0.39 is 0 Å². The van der Waals surface area contributed by atoms with E-state index in [0.717, 1.165) is 68.2 Å². The van der Waals surface area contributed by atoms with E-state index in [0.29, 0.717) is 0 Å². The maximum absolute atomic E-state index is 2.31. The molecular weight excluding hydrogens is 1150 g/mol. The standard InChI is InChI=1S/C46H40N2.C45H38N2/c1-33-5-21-41(22-6-33)47(42-23-7-34(2)8-24-42)45-29-17-39(18-30-45)37-13-15-38(16-14-37)40-19-31-46(32-20-40)48(43-25-9-35(3)10-26-43)44-27-11-36(4)12-28-44;1-33-9-23-41(24-10-33)46(40-7-5-4-6-8-40)44-29-19-38(20-30-44)36-15-17-37(18-16-36)39-21-31-45(32-22-39)47(42-25-11-34(2)12-26-42)43-27-13-35(3)14-28-43/h5-32H,1-4H3;4-32H,1-3H3. The molecule has 0 atom stereocenters. The van der Waals surface area contributed by atoms with Gasteiger partial charge in [-0.25, -0.2) is 0 Å². The molecule has 14 aromatic rings. The monoisotopic (exact) mass is 1230 g/mol. The van der Waals surface area contributed by atoms with Crippen molar-refractivity contribution in [1.82, 2.24) is 0 Å². The van der Waals surface area contributed by atoms with E-state index in [9.17, 15) is 0 Å². The number of hydrogen-bond acceptors (Lipinski definition) is 4. The molecule has 0 radical (unpaired) electrons. The van der Waals surface area contributed by atoms with E-state index in [4.69, 9.17) is 0 Å². The van der Waals surface area contributed by atoms with Gasteiger partial charge in [-0.15, -0.1) is 0 Å². The Morgan fingerprint density at radius 3 is 0.358 bits per heavy atom. The van der Waals surface area contributed by atoms with Gasteiger partial charge in [0.25, 0.3) is 0 Å². The molecule has 0 unspecified atom stereocenters. The normalized spacial score (nSPS) is 10.9. The molecule has 0 aliphatic heterocycles. The van der Waals surface area contributed by atoms with Crippen molar-refractivity contribution in [1.29, 1.82) is 0 Å². The first-order chi connectivity index (χ1) is 46.4. The third-order valence-electron chi connectivity index (χ3n) is 17.7. The third kappa shape index (κ3) is 14.6. The largest absolute Gasteiger partial charge is 0.311 e. The van der Waals surface area contributed by atoms with Crippen LogP contribution in [0.25, 0.3) is 44.5 Å². The SMILES string of the molecule is Cc1ccc(N(c2ccc(C)cc2)c2ccc(-c3ccc(-c4ccc(N(c5ccc(C)cc5)c5ccc(C)cc5)cc4)cc3)cc2)cc1.Cc1ccc(N(c2ccccc2)c2ccc(-c3ccc(-c4ccc(N(c5ccc(C)cc5)c5ccc(C)cc5)cc4)cc3)cc2)cc1. The molecule has 0 N–H and O–H groups in total. The molecule has 0 amide bonds. The molecule has 0 aliphatic carbocycles. The lowest BCUT2D eigenvalue weighted by molar-refractivity contribution is 1.27. The summed E-state index contributed by atoms with van der Waals surface area (Å²) < 4.78 is 0. The minimum Gasteiger partial charge on any atom is -0.311 e. The zero-order valence-electron chi connectivity index (χ0n) is 55.2. The number of nitrogens with zero attached hydrogens (tertiary/aromatic N) is 4. The Morgan fingerprint density at radius 2 is 0.221 bits per heavy atom. The predicted molar refractivity (Wildman–Crippen MR) is 407 cm³/mol. The Kier molecular flexibility index (Phi) is 18.6. The summed E-state index contributed by atoms with van der Waals surface area (Å²) in [7, 11) is 0. The van der Waals surface area contributed by atoms with Crippen LogP contribution >= 0.6 is 0 Å². The van der Waals surface area contributed by atoms with Crippen LogP contribution in [-0.4, -0.2) is 0 Å². The molecule has 14 aromatic carbocycles. The minimum atomic E-state index is 1.13. The van der Waals surface area contributed by atoms with Crippen LogP contribution in [0.1, 0.15) is 38.9 Å². The summed E-state index contributed by atoms with van der Waals surface area (Å²) in [5, 5.41) is 0. The first kappa shape index (κ1) is 62.1. The van der Waals surface area contributed by atoms with E-state index in [1.807, 2.05) is 0 Å². The van der Waals surface area contributed by atoms with Crippen molar-refractivity contribution in [3.8, 4) is 44.5 Å². The van der Waals surface area contributed by atoms with Crippen molar-refractivity contribution >= 4 is 68.2 Å². The fourth-order valence-electron chi connectivity index (χ4n) is 12.1. The van der Waals surface area contributed by atoms with Crippen molar-refractivity contribution in [3.05, 3.63) is 385 Å². The highest BCUT2D eigenvalue weighted by molar-refractivity contribution is 5.84.